The van der Waals surface area contributed by atoms with E-state index in [4.69, 9.17) is 4.74 Å². The molecule has 0 aliphatic heterocycles. The van der Waals surface area contributed by atoms with Gasteiger partial charge in [-0.3, -0.25) is 0 Å². The smallest absolute Gasteiger partial charge is 0.146 e. The van der Waals surface area contributed by atoms with Gasteiger partial charge in [0.2, 0.25) is 0 Å². The van der Waals surface area contributed by atoms with Gasteiger partial charge in [-0.1, -0.05) is 12.1 Å². The first-order valence-electron chi connectivity index (χ1n) is 6.84. The minimum absolute atomic E-state index is 0.0185. The van der Waals surface area contributed by atoms with Gasteiger partial charge in [-0.05, 0) is 49.6 Å². The summed E-state index contributed by atoms with van der Waals surface area (Å²) >= 11 is 0. The number of hydrogen-bond acceptors (Lipinski definition) is 2. The van der Waals surface area contributed by atoms with E-state index >= 15 is 0 Å². The fourth-order valence-corrected chi connectivity index (χ4v) is 2.19. The predicted molar refractivity (Wildman–Crippen MR) is 80.9 cm³/mol. The van der Waals surface area contributed by atoms with E-state index in [9.17, 15) is 8.78 Å². The predicted octanol–water partition coefficient (Wildman–Crippen LogP) is 4.32. The third kappa shape index (κ3) is 3.94. The summed E-state index contributed by atoms with van der Waals surface area (Å²) in [5.41, 5.74) is 1.60. The monoisotopic (exact) mass is 291 g/mol. The summed E-state index contributed by atoms with van der Waals surface area (Å²) in [6.07, 6.45) is 0.707. The Bertz CT molecular complexity index is 611. The lowest BCUT2D eigenvalue weighted by atomic mass is 10.1. The minimum atomic E-state index is -0.435. The van der Waals surface area contributed by atoms with Crippen LogP contribution in [-0.2, 0) is 6.42 Å². The van der Waals surface area contributed by atoms with Gasteiger partial charge in [0.1, 0.15) is 17.4 Å². The van der Waals surface area contributed by atoms with Crippen molar-refractivity contribution in [1.82, 2.24) is 0 Å². The molecule has 0 heterocycles. The highest BCUT2D eigenvalue weighted by atomic mass is 19.1. The van der Waals surface area contributed by atoms with Crippen LogP contribution in [0.3, 0.4) is 0 Å². The number of benzene rings is 2. The zero-order valence-electron chi connectivity index (χ0n) is 12.4. The van der Waals surface area contributed by atoms with Crippen LogP contribution in [-0.4, -0.2) is 13.2 Å². The number of ether oxygens (including phenoxy) is 1. The van der Waals surface area contributed by atoms with Crippen LogP contribution in [0.1, 0.15) is 18.1 Å². The van der Waals surface area contributed by atoms with Crippen LogP contribution in [0.15, 0.2) is 36.4 Å². The topological polar surface area (TPSA) is 21.3 Å². The van der Waals surface area contributed by atoms with Crippen LogP contribution < -0.4 is 10.1 Å². The molecule has 2 nitrogen and oxygen atoms in total. The average molecular weight is 291 g/mol. The van der Waals surface area contributed by atoms with Crippen LogP contribution in [0.25, 0.3) is 0 Å². The summed E-state index contributed by atoms with van der Waals surface area (Å²) in [5.74, 6) is -0.0444. The van der Waals surface area contributed by atoms with E-state index in [1.807, 2.05) is 31.2 Å². The van der Waals surface area contributed by atoms with Crippen molar-refractivity contribution in [1.29, 1.82) is 0 Å². The Morgan fingerprint density at radius 2 is 1.76 bits per heavy atom. The van der Waals surface area contributed by atoms with Gasteiger partial charge in [0.25, 0.3) is 0 Å². The Balaban J connectivity index is 2.04. The van der Waals surface area contributed by atoms with Crippen molar-refractivity contribution in [3.63, 3.8) is 0 Å². The fraction of sp³-hybridized carbons (Fsp3) is 0.294. The number of rotatable bonds is 5. The minimum Gasteiger partial charge on any atom is -0.497 e. The third-order valence-corrected chi connectivity index (χ3v) is 3.35. The second kappa shape index (κ2) is 6.57. The molecular formula is C17H19F2NO. The molecule has 4 heteroatoms. The molecule has 0 spiro atoms. The van der Waals surface area contributed by atoms with Gasteiger partial charge < -0.3 is 10.1 Å². The SMILES string of the molecule is COc1ccc(CC(C)Nc2cc(F)c(C)cc2F)cc1. The first-order chi connectivity index (χ1) is 9.99. The largest absolute Gasteiger partial charge is 0.497 e. The molecule has 2 rings (SSSR count). The summed E-state index contributed by atoms with van der Waals surface area (Å²) in [4.78, 5) is 0. The molecule has 112 valence electrons. The maximum absolute atomic E-state index is 13.8. The lowest BCUT2D eigenvalue weighted by Crippen LogP contribution is -2.19. The van der Waals surface area contributed by atoms with E-state index in [0.717, 1.165) is 11.3 Å². The maximum atomic E-state index is 13.8. The van der Waals surface area contributed by atoms with E-state index < -0.39 is 11.6 Å². The van der Waals surface area contributed by atoms with Crippen molar-refractivity contribution in [2.45, 2.75) is 26.3 Å². The zero-order valence-corrected chi connectivity index (χ0v) is 12.4. The van der Waals surface area contributed by atoms with Crippen molar-refractivity contribution < 1.29 is 13.5 Å². The van der Waals surface area contributed by atoms with Gasteiger partial charge in [-0.2, -0.15) is 0 Å². The van der Waals surface area contributed by atoms with E-state index in [1.54, 1.807) is 14.0 Å². The number of aryl methyl sites for hydroxylation is 1. The maximum Gasteiger partial charge on any atom is 0.146 e. The van der Waals surface area contributed by atoms with Gasteiger partial charge in [0.05, 0.1) is 12.8 Å². The Morgan fingerprint density at radius 3 is 2.38 bits per heavy atom. The fourth-order valence-electron chi connectivity index (χ4n) is 2.19. The highest BCUT2D eigenvalue weighted by Crippen LogP contribution is 2.21. The highest BCUT2D eigenvalue weighted by Gasteiger charge is 2.10. The lowest BCUT2D eigenvalue weighted by molar-refractivity contribution is 0.414. The molecule has 1 atom stereocenters. The normalized spacial score (nSPS) is 12.0. The molecule has 1 N–H and O–H groups in total. The molecule has 0 radical (unpaired) electrons. The van der Waals surface area contributed by atoms with Crippen molar-refractivity contribution >= 4 is 5.69 Å². The van der Waals surface area contributed by atoms with Crippen LogP contribution in [0, 0.1) is 18.6 Å². The van der Waals surface area contributed by atoms with E-state index in [-0.39, 0.29) is 11.7 Å². The number of anilines is 1. The van der Waals surface area contributed by atoms with Crippen LogP contribution in [0.2, 0.25) is 0 Å². The molecular weight excluding hydrogens is 272 g/mol. The standard InChI is InChI=1S/C17H19F2NO/c1-11-8-16(19)17(10-15(11)18)20-12(2)9-13-4-6-14(21-3)7-5-13/h4-8,10,12,20H,9H2,1-3H3. The Morgan fingerprint density at radius 1 is 1.10 bits per heavy atom. The molecule has 0 amide bonds. The number of nitrogens with one attached hydrogen (secondary N) is 1. The Labute approximate surface area is 123 Å². The van der Waals surface area contributed by atoms with E-state index in [0.29, 0.717) is 12.0 Å². The number of methoxy groups -OCH3 is 1. The van der Waals surface area contributed by atoms with Crippen molar-refractivity contribution in [2.24, 2.45) is 0 Å². The summed E-state index contributed by atoms with van der Waals surface area (Å²) < 4.78 is 32.4. The van der Waals surface area contributed by atoms with Crippen LogP contribution >= 0.6 is 0 Å². The lowest BCUT2D eigenvalue weighted by Gasteiger charge is -2.16. The average Bonchev–Trinajstić information content (AvgIpc) is 2.45. The first kappa shape index (κ1) is 15.3. The molecule has 0 saturated heterocycles. The summed E-state index contributed by atoms with van der Waals surface area (Å²) in [7, 11) is 1.62. The molecule has 2 aromatic rings. The first-order valence-corrected chi connectivity index (χ1v) is 6.84. The summed E-state index contributed by atoms with van der Waals surface area (Å²) in [6, 6.07) is 10.1. The Kier molecular flexibility index (Phi) is 4.78. The molecule has 0 aromatic heterocycles. The van der Waals surface area contributed by atoms with Gasteiger partial charge in [-0.15, -0.1) is 0 Å². The van der Waals surface area contributed by atoms with Gasteiger partial charge in [-0.25, -0.2) is 8.78 Å². The summed E-state index contributed by atoms with van der Waals surface area (Å²) in [6.45, 7) is 3.48. The van der Waals surface area contributed by atoms with E-state index in [1.165, 1.54) is 12.1 Å². The highest BCUT2D eigenvalue weighted by molar-refractivity contribution is 5.47. The molecule has 2 aromatic carbocycles. The quantitative estimate of drug-likeness (QED) is 0.885. The van der Waals surface area contributed by atoms with Gasteiger partial charge in [0, 0.05) is 12.1 Å². The van der Waals surface area contributed by atoms with Crippen LogP contribution in [0.4, 0.5) is 14.5 Å². The van der Waals surface area contributed by atoms with E-state index in [2.05, 4.69) is 5.32 Å². The number of hydrogen-bond donors (Lipinski definition) is 1. The molecule has 0 saturated carbocycles. The molecule has 0 aliphatic carbocycles. The number of halogens is 2. The molecule has 1 unspecified atom stereocenters. The van der Waals surface area contributed by atoms with Gasteiger partial charge in [0.15, 0.2) is 0 Å². The molecule has 0 aliphatic rings. The summed E-state index contributed by atoms with van der Waals surface area (Å²) in [5, 5.41) is 3.01. The second-order valence-electron chi connectivity index (χ2n) is 5.18. The van der Waals surface area contributed by atoms with Crippen molar-refractivity contribution in [3.8, 4) is 5.75 Å². The van der Waals surface area contributed by atoms with Crippen molar-refractivity contribution in [2.75, 3.05) is 12.4 Å². The molecule has 21 heavy (non-hydrogen) atoms. The van der Waals surface area contributed by atoms with Crippen LogP contribution in [0.5, 0.6) is 5.75 Å². The zero-order chi connectivity index (χ0) is 15.4. The Hall–Kier alpha value is -2.10. The second-order valence-corrected chi connectivity index (χ2v) is 5.18. The van der Waals surface area contributed by atoms with Crippen molar-refractivity contribution in [3.05, 3.63) is 59.2 Å². The third-order valence-electron chi connectivity index (χ3n) is 3.35. The molecule has 0 bridgehead atoms. The van der Waals surface area contributed by atoms with Gasteiger partial charge >= 0.3 is 0 Å². The molecule has 0 fully saturated rings.